The van der Waals surface area contributed by atoms with Crippen LogP contribution in [0.2, 0.25) is 0 Å². The first-order valence-electron chi connectivity index (χ1n) is 6.45. The topological polar surface area (TPSA) is 3.24 Å². The largest absolute Gasteiger partial charge is 0.310 e. The zero-order valence-electron chi connectivity index (χ0n) is 11.5. The smallest absolute Gasteiger partial charge is 0.135 e. The van der Waals surface area contributed by atoms with Crippen LogP contribution in [0.15, 0.2) is 0 Å². The first-order chi connectivity index (χ1) is 6.85. The van der Waals surface area contributed by atoms with Crippen LogP contribution in [0.25, 0.3) is 0 Å². The van der Waals surface area contributed by atoms with Crippen molar-refractivity contribution in [3.05, 3.63) is 0 Å². The average Bonchev–Trinajstić information content (AvgIpc) is 2.38. The second kappa shape index (κ2) is 4.42. The summed E-state index contributed by atoms with van der Waals surface area (Å²) in [4.78, 5) is 2.69. The highest BCUT2D eigenvalue weighted by atomic mass is 15.5. The molecular weight excluding hydrogens is 184 g/mol. The lowest BCUT2D eigenvalue weighted by Crippen LogP contribution is -2.47. The number of rotatable bonds is 4. The molecule has 2 nitrogen and oxygen atoms in total. The van der Waals surface area contributed by atoms with Gasteiger partial charge in [-0.3, -0.25) is 0 Å². The first kappa shape index (κ1) is 13.0. The second-order valence-electron chi connectivity index (χ2n) is 6.20. The fourth-order valence-electron chi connectivity index (χ4n) is 2.92. The van der Waals surface area contributed by atoms with Gasteiger partial charge in [-0.2, -0.15) is 0 Å². The van der Waals surface area contributed by atoms with Crippen molar-refractivity contribution in [2.24, 2.45) is 5.92 Å². The van der Waals surface area contributed by atoms with E-state index in [1.54, 1.807) is 0 Å². The minimum Gasteiger partial charge on any atom is -0.310 e. The van der Waals surface area contributed by atoms with Crippen LogP contribution in [0.5, 0.6) is 0 Å². The molecular formula is C13H29N2+. The van der Waals surface area contributed by atoms with E-state index in [4.69, 9.17) is 0 Å². The number of likely N-dealkylation sites (N-methyl/N-ethyl adjacent to an activating group) is 1. The van der Waals surface area contributed by atoms with Gasteiger partial charge in [0.1, 0.15) is 6.67 Å². The van der Waals surface area contributed by atoms with Crippen LogP contribution >= 0.6 is 0 Å². The van der Waals surface area contributed by atoms with Crippen LogP contribution in [0.4, 0.5) is 0 Å². The molecule has 0 bridgehead atoms. The minimum absolute atomic E-state index is 0.385. The van der Waals surface area contributed by atoms with Crippen LogP contribution in [0.1, 0.15) is 41.5 Å². The molecule has 0 amide bonds. The lowest BCUT2D eigenvalue weighted by Gasteiger charge is -2.32. The van der Waals surface area contributed by atoms with Gasteiger partial charge in [0.25, 0.3) is 0 Å². The predicted molar refractivity (Wildman–Crippen MR) is 66.7 cm³/mol. The Morgan fingerprint density at radius 2 is 1.73 bits per heavy atom. The second-order valence-corrected chi connectivity index (χ2v) is 6.20. The summed E-state index contributed by atoms with van der Waals surface area (Å²) in [6.45, 7) is 20.5. The van der Waals surface area contributed by atoms with E-state index in [-0.39, 0.29) is 0 Å². The van der Waals surface area contributed by atoms with E-state index < -0.39 is 0 Å². The molecule has 90 valence electrons. The fraction of sp³-hybridized carbons (Fsp3) is 1.00. The Morgan fingerprint density at radius 3 is 2.07 bits per heavy atom. The summed E-state index contributed by atoms with van der Waals surface area (Å²) in [6.07, 6.45) is 0. The molecule has 1 fully saturated rings. The summed E-state index contributed by atoms with van der Waals surface area (Å²) < 4.78 is 1.28. The van der Waals surface area contributed by atoms with Gasteiger partial charge in [-0.1, -0.05) is 13.8 Å². The van der Waals surface area contributed by atoms with Gasteiger partial charge in [0.2, 0.25) is 0 Å². The molecule has 1 rings (SSSR count). The highest BCUT2D eigenvalue weighted by Crippen LogP contribution is 2.30. The van der Waals surface area contributed by atoms with E-state index in [1.165, 1.54) is 37.3 Å². The van der Waals surface area contributed by atoms with Crippen molar-refractivity contribution in [2.75, 3.05) is 32.8 Å². The quantitative estimate of drug-likeness (QED) is 0.649. The summed E-state index contributed by atoms with van der Waals surface area (Å²) in [6, 6.07) is 0. The molecule has 2 heteroatoms. The number of hydrogen-bond acceptors (Lipinski definition) is 1. The van der Waals surface area contributed by atoms with Crippen molar-refractivity contribution in [1.82, 2.24) is 4.90 Å². The maximum Gasteiger partial charge on any atom is 0.135 e. The summed E-state index contributed by atoms with van der Waals surface area (Å²) in [5, 5.41) is 0. The van der Waals surface area contributed by atoms with Gasteiger partial charge in [0.15, 0.2) is 0 Å². The van der Waals surface area contributed by atoms with E-state index >= 15 is 0 Å². The van der Waals surface area contributed by atoms with Crippen molar-refractivity contribution in [2.45, 2.75) is 47.1 Å². The number of hydrogen-bond donors (Lipinski definition) is 0. The molecule has 0 N–H and O–H groups in total. The van der Waals surface area contributed by atoms with Gasteiger partial charge < -0.3 is 4.48 Å². The molecule has 0 aromatic carbocycles. The van der Waals surface area contributed by atoms with Gasteiger partial charge in [-0.05, 0) is 33.6 Å². The Balaban J connectivity index is 2.75. The zero-order chi connectivity index (χ0) is 11.7. The molecule has 0 aromatic heterocycles. The molecule has 15 heavy (non-hydrogen) atoms. The molecule has 0 spiro atoms. The lowest BCUT2D eigenvalue weighted by molar-refractivity contribution is -0.918. The summed E-state index contributed by atoms with van der Waals surface area (Å²) in [7, 11) is 0. The summed E-state index contributed by atoms with van der Waals surface area (Å²) >= 11 is 0. The molecule has 1 heterocycles. The normalized spacial score (nSPS) is 25.0. The van der Waals surface area contributed by atoms with E-state index in [0.29, 0.717) is 5.54 Å². The molecule has 0 saturated carbocycles. The molecule has 1 aliphatic heterocycles. The molecule has 0 unspecified atom stereocenters. The van der Waals surface area contributed by atoms with E-state index in [0.717, 1.165) is 5.92 Å². The fourth-order valence-corrected chi connectivity index (χ4v) is 2.92. The Hall–Kier alpha value is -0.0800. The van der Waals surface area contributed by atoms with Crippen molar-refractivity contribution in [3.63, 3.8) is 0 Å². The monoisotopic (exact) mass is 213 g/mol. The Morgan fingerprint density at radius 1 is 1.20 bits per heavy atom. The van der Waals surface area contributed by atoms with Crippen molar-refractivity contribution >= 4 is 0 Å². The van der Waals surface area contributed by atoms with Gasteiger partial charge in [0.05, 0.1) is 25.2 Å². The predicted octanol–water partition coefficient (Wildman–Crippen LogP) is 2.55. The standard InChI is InChI=1S/C13H29N2/c1-7-15(8-2)10-13(5,6)14(11-15)9-12(3)4/h12H,7-11H2,1-6H3/q+1. The maximum atomic E-state index is 2.69. The molecule has 1 saturated heterocycles. The SMILES string of the molecule is CC[N+]1(CC)CN(CC(C)C)C(C)(C)C1. The van der Waals surface area contributed by atoms with Gasteiger partial charge in [-0.15, -0.1) is 0 Å². The van der Waals surface area contributed by atoms with E-state index in [2.05, 4.69) is 46.4 Å². The molecule has 0 radical (unpaired) electrons. The Labute approximate surface area is 95.8 Å². The average molecular weight is 213 g/mol. The molecule has 0 aromatic rings. The van der Waals surface area contributed by atoms with Gasteiger partial charge in [-0.25, -0.2) is 4.90 Å². The Bertz CT molecular complexity index is 205. The zero-order valence-corrected chi connectivity index (χ0v) is 11.5. The van der Waals surface area contributed by atoms with Crippen molar-refractivity contribution in [3.8, 4) is 0 Å². The molecule has 1 aliphatic rings. The summed E-state index contributed by atoms with van der Waals surface area (Å²) in [5.41, 5.74) is 0.385. The molecule has 0 atom stereocenters. The highest BCUT2D eigenvalue weighted by molar-refractivity contribution is 4.85. The Kier molecular flexibility index (Phi) is 3.83. The number of nitrogens with zero attached hydrogens (tertiary/aromatic N) is 2. The van der Waals surface area contributed by atoms with Crippen molar-refractivity contribution < 1.29 is 4.48 Å². The van der Waals surface area contributed by atoms with Crippen LogP contribution in [0, 0.1) is 5.92 Å². The molecule has 0 aliphatic carbocycles. The van der Waals surface area contributed by atoms with Crippen molar-refractivity contribution in [1.29, 1.82) is 0 Å². The summed E-state index contributed by atoms with van der Waals surface area (Å²) in [5.74, 6) is 0.776. The third kappa shape index (κ3) is 2.73. The van der Waals surface area contributed by atoms with E-state index in [1.807, 2.05) is 0 Å². The third-order valence-corrected chi connectivity index (χ3v) is 3.98. The lowest BCUT2D eigenvalue weighted by atomic mass is 10.0. The van der Waals surface area contributed by atoms with Gasteiger partial charge in [0, 0.05) is 6.54 Å². The van der Waals surface area contributed by atoms with Crippen LogP contribution < -0.4 is 0 Å². The first-order valence-corrected chi connectivity index (χ1v) is 6.45. The van der Waals surface area contributed by atoms with Gasteiger partial charge >= 0.3 is 0 Å². The third-order valence-electron chi connectivity index (χ3n) is 3.98. The van der Waals surface area contributed by atoms with Crippen LogP contribution in [0.3, 0.4) is 0 Å². The van der Waals surface area contributed by atoms with Crippen LogP contribution in [-0.4, -0.2) is 47.8 Å². The van der Waals surface area contributed by atoms with E-state index in [9.17, 15) is 0 Å². The minimum atomic E-state index is 0.385. The van der Waals surface area contributed by atoms with Crippen LogP contribution in [-0.2, 0) is 0 Å². The maximum absolute atomic E-state index is 2.69. The number of quaternary nitrogens is 1. The highest BCUT2D eigenvalue weighted by Gasteiger charge is 2.46.